The molecule has 0 atom stereocenters. The van der Waals surface area contributed by atoms with Crippen LogP contribution >= 0.6 is 0 Å². The highest BCUT2D eigenvalue weighted by Gasteiger charge is 2.38. The average Bonchev–Trinajstić information content (AvgIpc) is 2.95. The topological polar surface area (TPSA) is 56.0 Å². The number of hydrogen-bond donors (Lipinski definition) is 0. The molecule has 0 N–H and O–H groups in total. The number of aryl methyl sites for hydroxylation is 1. The number of aromatic nitrogens is 2. The predicted molar refractivity (Wildman–Crippen MR) is 68.4 cm³/mol. The van der Waals surface area contributed by atoms with Gasteiger partial charge in [-0.05, 0) is 12.0 Å². The van der Waals surface area contributed by atoms with Gasteiger partial charge in [0.15, 0.2) is 0 Å². The number of Topliss-reactive ketones (excluding diaryl/α,β-unsaturated/α-hetero) is 1. The minimum atomic E-state index is -4.65. The van der Waals surface area contributed by atoms with Gasteiger partial charge in [-0.1, -0.05) is 36.3 Å². The van der Waals surface area contributed by atoms with Crippen molar-refractivity contribution in [2.24, 2.45) is 0 Å². The maximum atomic E-state index is 12.4. The first kappa shape index (κ1) is 15.2. The third-order valence-corrected chi connectivity index (χ3v) is 2.97. The molecule has 0 bridgehead atoms. The lowest BCUT2D eigenvalue weighted by Gasteiger charge is -2.01. The fourth-order valence-corrected chi connectivity index (χ4v) is 1.74. The van der Waals surface area contributed by atoms with Gasteiger partial charge in [0, 0.05) is 18.4 Å². The summed E-state index contributed by atoms with van der Waals surface area (Å²) in [7, 11) is 0. The molecule has 0 fully saturated rings. The van der Waals surface area contributed by atoms with Crippen molar-refractivity contribution < 1.29 is 22.5 Å². The lowest BCUT2D eigenvalue weighted by atomic mass is 10.0. The Morgan fingerprint density at radius 2 is 1.90 bits per heavy atom. The Bertz CT molecular complexity index is 618. The van der Waals surface area contributed by atoms with Gasteiger partial charge in [-0.2, -0.15) is 18.2 Å². The van der Waals surface area contributed by atoms with Crippen LogP contribution in [0.5, 0.6) is 0 Å². The Morgan fingerprint density at radius 1 is 1.24 bits per heavy atom. The van der Waals surface area contributed by atoms with Gasteiger partial charge in [0.1, 0.15) is 5.78 Å². The molecule has 0 spiro atoms. The van der Waals surface area contributed by atoms with Crippen molar-refractivity contribution >= 4 is 5.78 Å². The standard InChI is InChI=1S/C14H13F3N2O2/c1-2-11(20)8-5-9-3-6-10(7-4-9)12-18-13(21-19-12)14(15,16)17/h3-4,6-7H,2,5,8H2,1H3. The second-order valence-corrected chi connectivity index (χ2v) is 4.51. The first-order chi connectivity index (χ1) is 9.90. The number of rotatable bonds is 5. The molecule has 0 amide bonds. The van der Waals surface area contributed by atoms with E-state index in [2.05, 4.69) is 14.7 Å². The summed E-state index contributed by atoms with van der Waals surface area (Å²) < 4.78 is 41.3. The Morgan fingerprint density at radius 3 is 2.43 bits per heavy atom. The zero-order chi connectivity index (χ0) is 15.5. The maximum absolute atomic E-state index is 12.4. The molecule has 0 aliphatic heterocycles. The molecule has 2 rings (SSSR count). The Kier molecular flexibility index (Phi) is 4.40. The molecule has 0 aliphatic carbocycles. The average molecular weight is 298 g/mol. The number of alkyl halides is 3. The number of nitrogens with zero attached hydrogens (tertiary/aromatic N) is 2. The van der Waals surface area contributed by atoms with Gasteiger partial charge in [0.05, 0.1) is 0 Å². The molecule has 2 aromatic rings. The lowest BCUT2D eigenvalue weighted by molar-refractivity contribution is -0.159. The minimum absolute atomic E-state index is 0.112. The summed E-state index contributed by atoms with van der Waals surface area (Å²) in [6.07, 6.45) is -3.09. The fourth-order valence-electron chi connectivity index (χ4n) is 1.74. The van der Waals surface area contributed by atoms with Gasteiger partial charge in [-0.25, -0.2) is 0 Å². The van der Waals surface area contributed by atoms with Gasteiger partial charge in [0.25, 0.3) is 0 Å². The van der Waals surface area contributed by atoms with E-state index in [1.807, 2.05) is 0 Å². The normalized spacial score (nSPS) is 11.6. The maximum Gasteiger partial charge on any atom is 0.471 e. The molecule has 0 saturated heterocycles. The molecular formula is C14H13F3N2O2. The van der Waals surface area contributed by atoms with Gasteiger partial charge < -0.3 is 4.52 Å². The van der Waals surface area contributed by atoms with Crippen molar-refractivity contribution in [2.45, 2.75) is 32.4 Å². The molecule has 0 saturated carbocycles. The van der Waals surface area contributed by atoms with Crippen molar-refractivity contribution in [1.29, 1.82) is 0 Å². The third kappa shape index (κ3) is 3.90. The summed E-state index contributed by atoms with van der Waals surface area (Å²) in [5, 5.41) is 3.31. The Balaban J connectivity index is 2.08. The largest absolute Gasteiger partial charge is 0.471 e. The number of benzene rings is 1. The second kappa shape index (κ2) is 6.07. The van der Waals surface area contributed by atoms with Crippen LogP contribution in [-0.4, -0.2) is 15.9 Å². The Hall–Kier alpha value is -2.18. The van der Waals surface area contributed by atoms with Crippen LogP contribution in [0.15, 0.2) is 28.8 Å². The van der Waals surface area contributed by atoms with E-state index < -0.39 is 12.1 Å². The summed E-state index contributed by atoms with van der Waals surface area (Å²) in [6, 6.07) is 6.69. The lowest BCUT2D eigenvalue weighted by Crippen LogP contribution is -2.04. The minimum Gasteiger partial charge on any atom is -0.329 e. The zero-order valence-corrected chi connectivity index (χ0v) is 11.3. The SMILES string of the molecule is CCC(=O)CCc1ccc(-c2noc(C(F)(F)F)n2)cc1. The highest BCUT2D eigenvalue weighted by atomic mass is 19.4. The number of hydrogen-bond acceptors (Lipinski definition) is 4. The van der Waals surface area contributed by atoms with Crippen LogP contribution in [0.25, 0.3) is 11.4 Å². The second-order valence-electron chi connectivity index (χ2n) is 4.51. The van der Waals surface area contributed by atoms with E-state index in [4.69, 9.17) is 0 Å². The van der Waals surface area contributed by atoms with E-state index in [0.717, 1.165) is 5.56 Å². The molecule has 0 unspecified atom stereocenters. The smallest absolute Gasteiger partial charge is 0.329 e. The van der Waals surface area contributed by atoms with E-state index in [1.54, 1.807) is 31.2 Å². The zero-order valence-electron chi connectivity index (χ0n) is 11.3. The van der Waals surface area contributed by atoms with Crippen LogP contribution in [0.2, 0.25) is 0 Å². The number of carbonyl (C=O) groups is 1. The molecule has 112 valence electrons. The van der Waals surface area contributed by atoms with Crippen LogP contribution in [0, 0.1) is 0 Å². The molecule has 21 heavy (non-hydrogen) atoms. The van der Waals surface area contributed by atoms with E-state index in [9.17, 15) is 18.0 Å². The van der Waals surface area contributed by atoms with Crippen molar-refractivity contribution in [3.8, 4) is 11.4 Å². The first-order valence-corrected chi connectivity index (χ1v) is 6.42. The van der Waals surface area contributed by atoms with Crippen LogP contribution in [0.3, 0.4) is 0 Å². The summed E-state index contributed by atoms with van der Waals surface area (Å²) >= 11 is 0. The fraction of sp³-hybridized carbons (Fsp3) is 0.357. The van der Waals surface area contributed by atoms with E-state index in [1.165, 1.54) is 0 Å². The van der Waals surface area contributed by atoms with Crippen molar-refractivity contribution in [3.05, 3.63) is 35.7 Å². The predicted octanol–water partition coefficient (Wildman–Crippen LogP) is 3.67. The molecule has 0 radical (unpaired) electrons. The molecule has 1 aromatic heterocycles. The molecule has 1 heterocycles. The van der Waals surface area contributed by atoms with Gasteiger partial charge in [0.2, 0.25) is 5.82 Å². The highest BCUT2D eigenvalue weighted by Crippen LogP contribution is 2.29. The van der Waals surface area contributed by atoms with Crippen LogP contribution in [0.4, 0.5) is 13.2 Å². The first-order valence-electron chi connectivity index (χ1n) is 6.42. The van der Waals surface area contributed by atoms with Crippen LogP contribution in [0.1, 0.15) is 31.2 Å². The summed E-state index contributed by atoms with van der Waals surface area (Å²) in [6.45, 7) is 1.81. The van der Waals surface area contributed by atoms with E-state index in [0.29, 0.717) is 24.8 Å². The van der Waals surface area contributed by atoms with E-state index in [-0.39, 0.29) is 11.6 Å². The Labute approximate surface area is 119 Å². The number of carbonyl (C=O) groups excluding carboxylic acids is 1. The van der Waals surface area contributed by atoms with Crippen LogP contribution in [-0.2, 0) is 17.4 Å². The molecule has 7 heteroatoms. The van der Waals surface area contributed by atoms with Gasteiger partial charge in [-0.3, -0.25) is 4.79 Å². The molecule has 1 aromatic carbocycles. The monoisotopic (exact) mass is 298 g/mol. The van der Waals surface area contributed by atoms with Crippen molar-refractivity contribution in [1.82, 2.24) is 10.1 Å². The number of halogens is 3. The number of ketones is 1. The molecule has 4 nitrogen and oxygen atoms in total. The van der Waals surface area contributed by atoms with Crippen molar-refractivity contribution in [2.75, 3.05) is 0 Å². The summed E-state index contributed by atoms with van der Waals surface area (Å²) in [5.41, 5.74) is 1.36. The van der Waals surface area contributed by atoms with Gasteiger partial charge in [-0.15, -0.1) is 0 Å². The van der Waals surface area contributed by atoms with Crippen molar-refractivity contribution in [3.63, 3.8) is 0 Å². The van der Waals surface area contributed by atoms with Gasteiger partial charge >= 0.3 is 12.1 Å². The molecular weight excluding hydrogens is 285 g/mol. The highest BCUT2D eigenvalue weighted by molar-refractivity contribution is 5.78. The van der Waals surface area contributed by atoms with E-state index >= 15 is 0 Å². The third-order valence-electron chi connectivity index (χ3n) is 2.97. The summed E-state index contributed by atoms with van der Waals surface area (Å²) in [5.74, 6) is -1.30. The quantitative estimate of drug-likeness (QED) is 0.845. The summed E-state index contributed by atoms with van der Waals surface area (Å²) in [4.78, 5) is 14.5. The molecule has 0 aliphatic rings. The van der Waals surface area contributed by atoms with Crippen LogP contribution < -0.4 is 0 Å².